The number of fused-ring (bicyclic) bond motifs is 1. The minimum Gasteiger partial charge on any atom is -0.482 e. The Hall–Kier alpha value is -2.83. The first-order valence-electron chi connectivity index (χ1n) is 7.89. The molecule has 0 saturated carbocycles. The van der Waals surface area contributed by atoms with E-state index in [1.807, 2.05) is 46.4 Å². The number of carbonyl (C=O) groups is 1. The monoisotopic (exact) mass is 383 g/mol. The molecule has 130 valence electrons. The van der Waals surface area contributed by atoms with E-state index >= 15 is 0 Å². The zero-order valence-corrected chi connectivity index (χ0v) is 15.1. The van der Waals surface area contributed by atoms with Crippen LogP contribution in [0.2, 0.25) is 5.02 Å². The third-order valence-electron chi connectivity index (χ3n) is 3.73. The molecule has 0 radical (unpaired) electrons. The Kier molecular flexibility index (Phi) is 4.60. The number of benzene rings is 2. The van der Waals surface area contributed by atoms with E-state index in [2.05, 4.69) is 10.3 Å². The molecule has 7 heteroatoms. The first-order chi connectivity index (χ1) is 12.7. The summed E-state index contributed by atoms with van der Waals surface area (Å²) < 4.78 is 7.43. The lowest BCUT2D eigenvalue weighted by Gasteiger charge is -2.09. The highest BCUT2D eigenvalue weighted by atomic mass is 35.5. The van der Waals surface area contributed by atoms with Gasteiger partial charge in [-0.15, -0.1) is 11.3 Å². The lowest BCUT2D eigenvalue weighted by molar-refractivity contribution is -0.118. The molecule has 0 bridgehead atoms. The summed E-state index contributed by atoms with van der Waals surface area (Å²) in [6, 6.07) is 14.6. The molecule has 4 rings (SSSR count). The zero-order chi connectivity index (χ0) is 17.9. The van der Waals surface area contributed by atoms with Gasteiger partial charge in [-0.2, -0.15) is 0 Å². The highest BCUT2D eigenvalue weighted by Crippen LogP contribution is 2.25. The van der Waals surface area contributed by atoms with Gasteiger partial charge in [0, 0.05) is 29.0 Å². The van der Waals surface area contributed by atoms with Gasteiger partial charge in [-0.25, -0.2) is 4.98 Å². The maximum atomic E-state index is 12.1. The zero-order valence-electron chi connectivity index (χ0n) is 13.6. The number of para-hydroxylation sites is 1. The van der Waals surface area contributed by atoms with Crippen molar-refractivity contribution in [1.82, 2.24) is 9.38 Å². The molecule has 1 amide bonds. The quantitative estimate of drug-likeness (QED) is 0.541. The maximum absolute atomic E-state index is 12.1. The number of thiazole rings is 1. The molecule has 0 unspecified atom stereocenters. The number of aromatic nitrogens is 2. The first kappa shape index (κ1) is 16.6. The van der Waals surface area contributed by atoms with Crippen LogP contribution in [-0.2, 0) is 4.79 Å². The number of imidazole rings is 1. The Balaban J connectivity index is 1.44. The fourth-order valence-electron chi connectivity index (χ4n) is 2.52. The van der Waals surface area contributed by atoms with Crippen molar-refractivity contribution in [3.05, 3.63) is 71.3 Å². The van der Waals surface area contributed by atoms with Crippen LogP contribution in [0.1, 0.15) is 0 Å². The van der Waals surface area contributed by atoms with E-state index in [1.165, 1.54) is 0 Å². The van der Waals surface area contributed by atoms with Crippen molar-refractivity contribution in [2.45, 2.75) is 0 Å². The first-order valence-corrected chi connectivity index (χ1v) is 9.14. The number of amides is 1. The molecular formula is C19H14ClN3O2S. The normalized spacial score (nSPS) is 10.8. The second kappa shape index (κ2) is 7.19. The molecule has 0 aliphatic heterocycles. The number of nitrogens with zero attached hydrogens (tertiary/aromatic N) is 2. The standard InChI is InChI=1S/C19H14ClN3O2S/c20-15-6-1-2-7-17(15)25-12-18(24)21-14-5-3-4-13(10-14)16-11-23-8-9-26-19(23)22-16/h1-11H,12H2,(H,21,24). The molecule has 0 aliphatic carbocycles. The van der Waals surface area contributed by atoms with Crippen LogP contribution in [0.15, 0.2) is 66.3 Å². The summed E-state index contributed by atoms with van der Waals surface area (Å²) >= 11 is 7.59. The van der Waals surface area contributed by atoms with Crippen LogP contribution in [0.5, 0.6) is 5.75 Å². The number of ether oxygens (including phenoxy) is 1. The predicted molar refractivity (Wildman–Crippen MR) is 104 cm³/mol. The third-order valence-corrected chi connectivity index (χ3v) is 4.81. The van der Waals surface area contributed by atoms with Crippen LogP contribution in [0.25, 0.3) is 16.2 Å². The van der Waals surface area contributed by atoms with Crippen molar-refractivity contribution in [3.8, 4) is 17.0 Å². The molecule has 0 spiro atoms. The smallest absolute Gasteiger partial charge is 0.262 e. The van der Waals surface area contributed by atoms with E-state index in [0.717, 1.165) is 16.2 Å². The Morgan fingerprint density at radius 3 is 2.96 bits per heavy atom. The van der Waals surface area contributed by atoms with Gasteiger partial charge in [-0.3, -0.25) is 9.20 Å². The van der Waals surface area contributed by atoms with E-state index in [0.29, 0.717) is 16.5 Å². The molecular weight excluding hydrogens is 370 g/mol. The van der Waals surface area contributed by atoms with Gasteiger partial charge >= 0.3 is 0 Å². The highest BCUT2D eigenvalue weighted by Gasteiger charge is 2.09. The van der Waals surface area contributed by atoms with Gasteiger partial charge in [-0.1, -0.05) is 35.9 Å². The molecule has 4 aromatic rings. The third kappa shape index (κ3) is 3.56. The minimum absolute atomic E-state index is 0.117. The summed E-state index contributed by atoms with van der Waals surface area (Å²) in [5.41, 5.74) is 2.48. The largest absolute Gasteiger partial charge is 0.482 e. The van der Waals surface area contributed by atoms with E-state index < -0.39 is 0 Å². The van der Waals surface area contributed by atoms with Crippen LogP contribution in [0.4, 0.5) is 5.69 Å². The van der Waals surface area contributed by atoms with Crippen molar-refractivity contribution >= 4 is 39.5 Å². The number of carbonyl (C=O) groups excluding carboxylic acids is 1. The van der Waals surface area contributed by atoms with Gasteiger partial charge in [0.25, 0.3) is 5.91 Å². The molecule has 0 atom stereocenters. The number of hydrogen-bond donors (Lipinski definition) is 1. The van der Waals surface area contributed by atoms with E-state index in [1.54, 1.807) is 35.6 Å². The fourth-order valence-corrected chi connectivity index (χ4v) is 3.42. The molecule has 2 aromatic heterocycles. The summed E-state index contributed by atoms with van der Waals surface area (Å²) in [6.45, 7) is -0.117. The van der Waals surface area contributed by atoms with E-state index in [4.69, 9.17) is 16.3 Å². The molecule has 1 N–H and O–H groups in total. The number of nitrogens with one attached hydrogen (secondary N) is 1. The van der Waals surface area contributed by atoms with Crippen molar-refractivity contribution in [1.29, 1.82) is 0 Å². The van der Waals surface area contributed by atoms with Gasteiger partial charge < -0.3 is 10.1 Å². The van der Waals surface area contributed by atoms with Crippen LogP contribution in [0.3, 0.4) is 0 Å². The molecule has 0 aliphatic rings. The van der Waals surface area contributed by atoms with Gasteiger partial charge in [-0.05, 0) is 24.3 Å². The van der Waals surface area contributed by atoms with Crippen LogP contribution >= 0.6 is 22.9 Å². The lowest BCUT2D eigenvalue weighted by atomic mass is 10.1. The molecule has 2 heterocycles. The van der Waals surface area contributed by atoms with E-state index in [9.17, 15) is 4.79 Å². The molecule has 26 heavy (non-hydrogen) atoms. The molecule has 2 aromatic carbocycles. The SMILES string of the molecule is O=C(COc1ccccc1Cl)Nc1cccc(-c2cn3ccsc3n2)c1. The summed E-state index contributed by atoms with van der Waals surface area (Å²) in [4.78, 5) is 17.7. The topological polar surface area (TPSA) is 55.6 Å². The van der Waals surface area contributed by atoms with Gasteiger partial charge in [0.1, 0.15) is 5.75 Å². The average Bonchev–Trinajstić information content (AvgIpc) is 3.23. The molecule has 5 nitrogen and oxygen atoms in total. The molecule has 0 saturated heterocycles. The molecule has 0 fully saturated rings. The Morgan fingerprint density at radius 1 is 1.23 bits per heavy atom. The van der Waals surface area contributed by atoms with Crippen molar-refractivity contribution < 1.29 is 9.53 Å². The summed E-state index contributed by atoms with van der Waals surface area (Å²) in [6.07, 6.45) is 3.93. The Bertz CT molecular complexity index is 1040. The van der Waals surface area contributed by atoms with Crippen molar-refractivity contribution in [2.24, 2.45) is 0 Å². The fraction of sp³-hybridized carbons (Fsp3) is 0.0526. The average molecular weight is 384 g/mol. The summed E-state index contributed by atoms with van der Waals surface area (Å²) in [5.74, 6) is 0.226. The second-order valence-electron chi connectivity index (χ2n) is 5.57. The Labute approximate surface area is 158 Å². The van der Waals surface area contributed by atoms with Gasteiger partial charge in [0.2, 0.25) is 0 Å². The van der Waals surface area contributed by atoms with Crippen LogP contribution in [0, 0.1) is 0 Å². The van der Waals surface area contributed by atoms with Crippen molar-refractivity contribution in [2.75, 3.05) is 11.9 Å². The van der Waals surface area contributed by atoms with Crippen LogP contribution in [-0.4, -0.2) is 21.9 Å². The van der Waals surface area contributed by atoms with Gasteiger partial charge in [0.15, 0.2) is 11.6 Å². The summed E-state index contributed by atoms with van der Waals surface area (Å²) in [7, 11) is 0. The van der Waals surface area contributed by atoms with Crippen molar-refractivity contribution in [3.63, 3.8) is 0 Å². The number of halogens is 1. The van der Waals surface area contributed by atoms with Crippen LogP contribution < -0.4 is 10.1 Å². The maximum Gasteiger partial charge on any atom is 0.262 e. The summed E-state index contributed by atoms with van der Waals surface area (Å²) in [5, 5.41) is 5.29. The minimum atomic E-state index is -0.257. The van der Waals surface area contributed by atoms with E-state index in [-0.39, 0.29) is 12.5 Å². The number of hydrogen-bond acceptors (Lipinski definition) is 4. The number of rotatable bonds is 5. The van der Waals surface area contributed by atoms with Gasteiger partial charge in [0.05, 0.1) is 10.7 Å². The highest BCUT2D eigenvalue weighted by molar-refractivity contribution is 7.15. The predicted octanol–water partition coefficient (Wildman–Crippen LogP) is 4.73. The number of anilines is 1. The lowest BCUT2D eigenvalue weighted by Crippen LogP contribution is -2.20. The Morgan fingerprint density at radius 2 is 2.12 bits per heavy atom. The second-order valence-corrected chi connectivity index (χ2v) is 6.85.